The Kier molecular flexibility index (Phi) is 8.71. The van der Waals surface area contributed by atoms with Crippen molar-refractivity contribution in [2.45, 2.75) is 52.0 Å². The van der Waals surface area contributed by atoms with Crippen LogP contribution in [0.4, 0.5) is 4.39 Å². The Morgan fingerprint density at radius 1 is 0.972 bits per heavy atom. The first-order valence-corrected chi connectivity index (χ1v) is 12.7. The summed E-state index contributed by atoms with van der Waals surface area (Å²) in [7, 11) is 0. The SMILES string of the molecule is CC(C)c1ccccc1OCCCCn1c(CCCNC(=O)c2ccccc2F)nc2ccccc21. The molecule has 4 aromatic rings. The number of nitrogens with zero attached hydrogens (tertiary/aromatic N) is 2. The lowest BCUT2D eigenvalue weighted by Crippen LogP contribution is -2.25. The Balaban J connectivity index is 1.30. The highest BCUT2D eigenvalue weighted by atomic mass is 19.1. The van der Waals surface area contributed by atoms with Crippen LogP contribution in [0, 0.1) is 5.82 Å². The van der Waals surface area contributed by atoms with Gasteiger partial charge in [0.1, 0.15) is 17.4 Å². The highest BCUT2D eigenvalue weighted by Crippen LogP contribution is 2.26. The molecule has 4 rings (SSSR count). The molecule has 0 spiro atoms. The number of fused-ring (bicyclic) bond motifs is 1. The van der Waals surface area contributed by atoms with Gasteiger partial charge in [-0.3, -0.25) is 4.79 Å². The number of para-hydroxylation sites is 3. The number of amides is 1. The van der Waals surface area contributed by atoms with Crippen molar-refractivity contribution in [2.75, 3.05) is 13.2 Å². The van der Waals surface area contributed by atoms with Gasteiger partial charge in [-0.25, -0.2) is 9.37 Å². The largest absolute Gasteiger partial charge is 0.493 e. The van der Waals surface area contributed by atoms with E-state index in [2.05, 4.69) is 41.9 Å². The molecule has 0 aliphatic carbocycles. The molecule has 6 heteroatoms. The van der Waals surface area contributed by atoms with E-state index in [1.165, 1.54) is 17.7 Å². The van der Waals surface area contributed by atoms with Crippen LogP contribution in [0.1, 0.15) is 60.8 Å². The molecule has 0 bridgehead atoms. The van der Waals surface area contributed by atoms with Crippen LogP contribution >= 0.6 is 0 Å². The Morgan fingerprint density at radius 3 is 2.56 bits per heavy atom. The van der Waals surface area contributed by atoms with Gasteiger partial charge in [-0.05, 0) is 61.1 Å². The average molecular weight is 488 g/mol. The van der Waals surface area contributed by atoms with E-state index in [1.807, 2.05) is 30.3 Å². The lowest BCUT2D eigenvalue weighted by atomic mass is 10.0. The molecule has 1 N–H and O–H groups in total. The zero-order chi connectivity index (χ0) is 25.3. The van der Waals surface area contributed by atoms with E-state index in [9.17, 15) is 9.18 Å². The van der Waals surface area contributed by atoms with E-state index in [4.69, 9.17) is 9.72 Å². The minimum Gasteiger partial charge on any atom is -0.493 e. The zero-order valence-corrected chi connectivity index (χ0v) is 21.0. The van der Waals surface area contributed by atoms with Gasteiger partial charge in [-0.15, -0.1) is 0 Å². The quantitative estimate of drug-likeness (QED) is 0.232. The number of halogens is 1. The lowest BCUT2D eigenvalue weighted by molar-refractivity contribution is 0.0949. The molecule has 0 atom stereocenters. The van der Waals surface area contributed by atoms with Gasteiger partial charge in [0, 0.05) is 19.5 Å². The number of carbonyl (C=O) groups is 1. The molecule has 1 aromatic heterocycles. The topological polar surface area (TPSA) is 56.1 Å². The number of carbonyl (C=O) groups excluding carboxylic acids is 1. The lowest BCUT2D eigenvalue weighted by Gasteiger charge is -2.14. The zero-order valence-electron chi connectivity index (χ0n) is 21.0. The summed E-state index contributed by atoms with van der Waals surface area (Å²) in [5, 5.41) is 2.82. The van der Waals surface area contributed by atoms with Crippen molar-refractivity contribution in [3.63, 3.8) is 0 Å². The minimum atomic E-state index is -0.506. The molecule has 0 radical (unpaired) electrons. The summed E-state index contributed by atoms with van der Waals surface area (Å²) in [4.78, 5) is 17.1. The van der Waals surface area contributed by atoms with Crippen molar-refractivity contribution in [3.05, 3.63) is 95.6 Å². The number of unbranched alkanes of at least 4 members (excludes halogenated alkanes) is 1. The summed E-state index contributed by atoms with van der Waals surface area (Å²) >= 11 is 0. The second-order valence-corrected chi connectivity index (χ2v) is 9.26. The van der Waals surface area contributed by atoms with Gasteiger partial charge in [0.15, 0.2) is 0 Å². The molecule has 0 saturated carbocycles. The molecule has 0 aliphatic heterocycles. The summed E-state index contributed by atoms with van der Waals surface area (Å²) in [6.07, 6.45) is 3.36. The number of imidazole rings is 1. The molecule has 0 saturated heterocycles. The van der Waals surface area contributed by atoms with Gasteiger partial charge in [-0.1, -0.05) is 56.3 Å². The Hall–Kier alpha value is -3.67. The van der Waals surface area contributed by atoms with Gasteiger partial charge in [0.2, 0.25) is 0 Å². The van der Waals surface area contributed by atoms with Crippen molar-refractivity contribution in [2.24, 2.45) is 0 Å². The summed E-state index contributed by atoms with van der Waals surface area (Å²) < 4.78 is 22.2. The van der Waals surface area contributed by atoms with Gasteiger partial charge < -0.3 is 14.6 Å². The highest BCUT2D eigenvalue weighted by Gasteiger charge is 2.13. The summed E-state index contributed by atoms with van der Waals surface area (Å²) in [5.41, 5.74) is 3.41. The van der Waals surface area contributed by atoms with Crippen molar-refractivity contribution in [3.8, 4) is 5.75 Å². The van der Waals surface area contributed by atoms with Crippen LogP contribution in [0.5, 0.6) is 5.75 Å². The first kappa shape index (κ1) is 25.4. The van der Waals surface area contributed by atoms with E-state index < -0.39 is 5.82 Å². The standard InChI is InChI=1S/C30H34FN3O2/c1-22(2)23-12-4-8-17-28(23)36-21-10-9-20-34-27-16-7-6-15-26(27)33-29(34)18-11-19-32-30(35)24-13-3-5-14-25(24)31/h3-8,12-17,22H,9-11,18-21H2,1-2H3,(H,32,35). The molecule has 0 fully saturated rings. The van der Waals surface area contributed by atoms with Crippen LogP contribution in [0.15, 0.2) is 72.8 Å². The molecule has 188 valence electrons. The van der Waals surface area contributed by atoms with Crippen LogP contribution in [0.2, 0.25) is 0 Å². The number of ether oxygens (including phenoxy) is 1. The average Bonchev–Trinajstić information content (AvgIpc) is 3.24. The molecular weight excluding hydrogens is 453 g/mol. The fraction of sp³-hybridized carbons (Fsp3) is 0.333. The van der Waals surface area contributed by atoms with Crippen LogP contribution < -0.4 is 10.1 Å². The van der Waals surface area contributed by atoms with Crippen molar-refractivity contribution < 1.29 is 13.9 Å². The number of nitrogens with one attached hydrogen (secondary N) is 1. The first-order chi connectivity index (χ1) is 17.5. The molecule has 5 nitrogen and oxygen atoms in total. The number of hydrogen-bond acceptors (Lipinski definition) is 3. The van der Waals surface area contributed by atoms with Crippen molar-refractivity contribution >= 4 is 16.9 Å². The summed E-state index contributed by atoms with van der Waals surface area (Å²) in [6.45, 7) is 6.35. The van der Waals surface area contributed by atoms with Crippen LogP contribution in [-0.4, -0.2) is 28.6 Å². The fourth-order valence-corrected chi connectivity index (χ4v) is 4.40. The normalized spacial score (nSPS) is 11.2. The number of hydrogen-bond donors (Lipinski definition) is 1. The maximum absolute atomic E-state index is 13.8. The Labute approximate surface area is 212 Å². The van der Waals surface area contributed by atoms with E-state index >= 15 is 0 Å². The third-order valence-electron chi connectivity index (χ3n) is 6.29. The molecule has 3 aromatic carbocycles. The molecule has 0 aliphatic rings. The van der Waals surface area contributed by atoms with E-state index in [1.54, 1.807) is 12.1 Å². The van der Waals surface area contributed by atoms with E-state index in [-0.39, 0.29) is 11.5 Å². The Bertz CT molecular complexity index is 1300. The van der Waals surface area contributed by atoms with Crippen LogP contribution in [0.25, 0.3) is 11.0 Å². The second kappa shape index (κ2) is 12.3. The monoisotopic (exact) mass is 487 g/mol. The first-order valence-electron chi connectivity index (χ1n) is 12.7. The predicted octanol–water partition coefficient (Wildman–Crippen LogP) is 6.52. The molecule has 1 amide bonds. The minimum absolute atomic E-state index is 0.0722. The third kappa shape index (κ3) is 6.30. The number of aromatic nitrogens is 2. The maximum Gasteiger partial charge on any atom is 0.254 e. The summed E-state index contributed by atoms with van der Waals surface area (Å²) in [6, 6.07) is 22.4. The van der Waals surface area contributed by atoms with E-state index in [0.29, 0.717) is 19.1 Å². The predicted molar refractivity (Wildman–Crippen MR) is 142 cm³/mol. The summed E-state index contributed by atoms with van der Waals surface area (Å²) in [5.74, 6) is 1.51. The van der Waals surface area contributed by atoms with Crippen molar-refractivity contribution in [1.29, 1.82) is 0 Å². The number of aryl methyl sites for hydroxylation is 2. The molecule has 0 unspecified atom stereocenters. The number of benzene rings is 3. The molecular formula is C30H34FN3O2. The smallest absolute Gasteiger partial charge is 0.254 e. The fourth-order valence-electron chi connectivity index (χ4n) is 4.40. The number of rotatable bonds is 12. The second-order valence-electron chi connectivity index (χ2n) is 9.26. The highest BCUT2D eigenvalue weighted by molar-refractivity contribution is 5.94. The Morgan fingerprint density at radius 2 is 1.72 bits per heavy atom. The van der Waals surface area contributed by atoms with Crippen molar-refractivity contribution in [1.82, 2.24) is 14.9 Å². The van der Waals surface area contributed by atoms with Gasteiger partial charge >= 0.3 is 0 Å². The molecule has 1 heterocycles. The van der Waals surface area contributed by atoms with Crippen LogP contribution in [-0.2, 0) is 13.0 Å². The van der Waals surface area contributed by atoms with Gasteiger partial charge in [0.05, 0.1) is 23.2 Å². The van der Waals surface area contributed by atoms with E-state index in [0.717, 1.165) is 54.8 Å². The third-order valence-corrected chi connectivity index (χ3v) is 6.29. The maximum atomic E-state index is 13.8. The molecule has 36 heavy (non-hydrogen) atoms. The van der Waals surface area contributed by atoms with Crippen LogP contribution in [0.3, 0.4) is 0 Å². The van der Waals surface area contributed by atoms with Gasteiger partial charge in [-0.2, -0.15) is 0 Å². The van der Waals surface area contributed by atoms with Gasteiger partial charge in [0.25, 0.3) is 5.91 Å².